The molecule has 0 bridgehead atoms. The molecule has 0 aliphatic carbocycles. The minimum absolute atomic E-state index is 0.304. The Hall–Kier alpha value is -5.91. The number of carbonyl (C=O) groups excluding carboxylic acids is 2. The summed E-state index contributed by atoms with van der Waals surface area (Å²) in [6, 6.07) is 23.4. The molecule has 0 aliphatic rings. The third kappa shape index (κ3) is 7.10. The lowest BCUT2D eigenvalue weighted by Gasteiger charge is -2.19. The molecule has 0 radical (unpaired) electrons. The number of ether oxygens (including phenoxy) is 1. The number of rotatable bonds is 9. The number of anilines is 1. The predicted molar refractivity (Wildman–Crippen MR) is 165 cm³/mol. The molecule has 0 unspecified atom stereocenters. The van der Waals surface area contributed by atoms with E-state index in [9.17, 15) is 14.4 Å². The third-order valence-corrected chi connectivity index (χ3v) is 6.86. The van der Waals surface area contributed by atoms with Crippen LogP contribution < -0.4 is 16.2 Å². The number of nitrogens with one attached hydrogen (secondary N) is 2. The number of nitrogens with zero attached hydrogens (tertiary/aromatic N) is 6. The minimum atomic E-state index is -0.595. The average Bonchev–Trinajstić information content (AvgIpc) is 3.57. The Balaban J connectivity index is 1.46. The van der Waals surface area contributed by atoms with Crippen LogP contribution in [-0.2, 0) is 23.0 Å². The van der Waals surface area contributed by atoms with Gasteiger partial charge in [-0.25, -0.2) is 9.48 Å². The highest BCUT2D eigenvalue weighted by Crippen LogP contribution is 2.23. The van der Waals surface area contributed by atoms with E-state index < -0.39 is 12.1 Å². The second-order valence-electron chi connectivity index (χ2n) is 10.0. The van der Waals surface area contributed by atoms with E-state index in [0.717, 1.165) is 22.4 Å². The van der Waals surface area contributed by atoms with E-state index in [1.54, 1.807) is 43.5 Å². The lowest BCUT2D eigenvalue weighted by atomic mass is 10.00. The van der Waals surface area contributed by atoms with Crippen molar-refractivity contribution in [3.8, 4) is 16.8 Å². The van der Waals surface area contributed by atoms with Crippen LogP contribution in [0.25, 0.3) is 22.9 Å². The van der Waals surface area contributed by atoms with Crippen LogP contribution in [0.2, 0.25) is 0 Å². The lowest BCUT2D eigenvalue weighted by molar-refractivity contribution is -0.117. The molecule has 44 heavy (non-hydrogen) atoms. The average molecular weight is 591 g/mol. The number of carbonyl (C=O) groups is 2. The van der Waals surface area contributed by atoms with Crippen molar-refractivity contribution in [3.63, 3.8) is 0 Å². The van der Waals surface area contributed by atoms with E-state index in [1.165, 1.54) is 28.9 Å². The van der Waals surface area contributed by atoms with Crippen LogP contribution in [0, 0.1) is 6.92 Å². The number of benzene rings is 3. The molecule has 0 spiro atoms. The Morgan fingerprint density at radius 3 is 2.50 bits per heavy atom. The first-order valence-electron chi connectivity index (χ1n) is 13.7. The molecule has 2 amide bonds. The van der Waals surface area contributed by atoms with Crippen LogP contribution in [0.15, 0.2) is 96.1 Å². The molecule has 0 saturated carbocycles. The van der Waals surface area contributed by atoms with Crippen molar-refractivity contribution in [1.29, 1.82) is 0 Å². The molecule has 5 rings (SSSR count). The molecule has 3 aromatic carbocycles. The van der Waals surface area contributed by atoms with Gasteiger partial charge in [0, 0.05) is 24.4 Å². The maximum absolute atomic E-state index is 13.3. The lowest BCUT2D eigenvalue weighted by Crippen LogP contribution is -2.32. The van der Waals surface area contributed by atoms with Crippen LogP contribution in [0.5, 0.6) is 0 Å². The molecule has 5 aromatic rings. The van der Waals surface area contributed by atoms with Gasteiger partial charge in [-0.05, 0) is 71.3 Å². The summed E-state index contributed by atoms with van der Waals surface area (Å²) in [4.78, 5) is 38.1. The largest absolute Gasteiger partial charge is 0.453 e. The Morgan fingerprint density at radius 2 is 1.80 bits per heavy atom. The fourth-order valence-corrected chi connectivity index (χ4v) is 4.66. The van der Waals surface area contributed by atoms with Crippen LogP contribution in [0.4, 0.5) is 10.5 Å². The first kappa shape index (κ1) is 29.6. The molecular weight excluding hydrogens is 560 g/mol. The zero-order chi connectivity index (χ0) is 31.1. The first-order chi connectivity index (χ1) is 21.3. The summed E-state index contributed by atoms with van der Waals surface area (Å²) in [7, 11) is 2.85. The topological polar surface area (TPSA) is 146 Å². The molecular formula is C32H30N8O4. The Morgan fingerprint density at radius 1 is 1.02 bits per heavy atom. The second-order valence-corrected chi connectivity index (χ2v) is 10.0. The van der Waals surface area contributed by atoms with Gasteiger partial charge in [-0.15, -0.1) is 5.10 Å². The summed E-state index contributed by atoms with van der Waals surface area (Å²) < 4.78 is 7.43. The number of methoxy groups -OCH3 is 1. The smallest absolute Gasteiger partial charge is 0.411 e. The second kappa shape index (κ2) is 13.4. The molecule has 0 saturated heterocycles. The van der Waals surface area contributed by atoms with Gasteiger partial charge >= 0.3 is 6.09 Å². The quantitative estimate of drug-likeness (QED) is 0.245. The van der Waals surface area contributed by atoms with Gasteiger partial charge in [0.25, 0.3) is 5.56 Å². The molecule has 0 aliphatic heterocycles. The fraction of sp³-hybridized carbons (Fsp3) is 0.156. The highest BCUT2D eigenvalue weighted by molar-refractivity contribution is 5.92. The maximum Gasteiger partial charge on any atom is 0.411 e. The van der Waals surface area contributed by atoms with Crippen molar-refractivity contribution in [2.45, 2.75) is 19.4 Å². The van der Waals surface area contributed by atoms with E-state index in [0.29, 0.717) is 28.9 Å². The molecule has 222 valence electrons. The van der Waals surface area contributed by atoms with E-state index in [-0.39, 0.29) is 11.5 Å². The fourth-order valence-electron chi connectivity index (χ4n) is 4.66. The van der Waals surface area contributed by atoms with Gasteiger partial charge in [0.15, 0.2) is 0 Å². The number of hydrogen-bond donors (Lipinski definition) is 2. The Bertz CT molecular complexity index is 1850. The van der Waals surface area contributed by atoms with E-state index >= 15 is 0 Å². The van der Waals surface area contributed by atoms with E-state index in [4.69, 9.17) is 0 Å². The van der Waals surface area contributed by atoms with Gasteiger partial charge in [-0.1, -0.05) is 54.1 Å². The molecule has 2 N–H and O–H groups in total. The van der Waals surface area contributed by atoms with Gasteiger partial charge < -0.3 is 10.1 Å². The van der Waals surface area contributed by atoms with Crippen molar-refractivity contribution in [2.24, 2.45) is 7.05 Å². The number of aromatic nitrogens is 6. The van der Waals surface area contributed by atoms with Crippen LogP contribution in [0.3, 0.4) is 0 Å². The summed E-state index contributed by atoms with van der Waals surface area (Å²) in [5, 5.41) is 21.6. The normalized spacial score (nSPS) is 11.7. The molecule has 12 nitrogen and oxygen atoms in total. The summed E-state index contributed by atoms with van der Waals surface area (Å²) in [6.07, 6.45) is 4.50. The molecule has 12 heteroatoms. The summed E-state index contributed by atoms with van der Waals surface area (Å²) in [5.74, 6) is -0.342. The Labute approximate surface area is 253 Å². The number of aryl methyl sites for hydroxylation is 2. The zero-order valence-electron chi connectivity index (χ0n) is 24.3. The summed E-state index contributed by atoms with van der Waals surface area (Å²) >= 11 is 0. The van der Waals surface area contributed by atoms with Crippen molar-refractivity contribution in [2.75, 3.05) is 12.4 Å². The first-order valence-corrected chi connectivity index (χ1v) is 13.7. The van der Waals surface area contributed by atoms with Crippen molar-refractivity contribution >= 4 is 23.8 Å². The third-order valence-electron chi connectivity index (χ3n) is 6.86. The van der Waals surface area contributed by atoms with Gasteiger partial charge in [-0.3, -0.25) is 14.9 Å². The van der Waals surface area contributed by atoms with Gasteiger partial charge in [0.2, 0.25) is 5.91 Å². The monoisotopic (exact) mass is 590 g/mol. The van der Waals surface area contributed by atoms with Gasteiger partial charge in [0.05, 0.1) is 30.1 Å². The van der Waals surface area contributed by atoms with E-state index in [1.807, 2.05) is 55.5 Å². The standard InChI is InChI=1S/C32H30N8O4/c1-21-9-15-29(40-20-33-37-38-40)24(17-21)12-16-30(41)35-27(18-22-7-5-4-6-8-22)28-19-26(31(42)39(2)36-28)23-10-13-25(14-11-23)34-32(43)44-3/h4-17,19-20,27H,18H2,1-3H3,(H,34,43)(H,35,41)/b16-12+/t27-/m0/s1. The highest BCUT2D eigenvalue weighted by Gasteiger charge is 2.20. The molecule has 2 aromatic heterocycles. The van der Waals surface area contributed by atoms with Crippen LogP contribution in [-0.4, -0.2) is 49.1 Å². The van der Waals surface area contributed by atoms with Gasteiger partial charge in [0.1, 0.15) is 6.33 Å². The summed E-state index contributed by atoms with van der Waals surface area (Å²) in [5.41, 5.74) is 5.24. The molecule has 2 heterocycles. The summed E-state index contributed by atoms with van der Waals surface area (Å²) in [6.45, 7) is 1.96. The maximum atomic E-state index is 13.3. The number of amides is 2. The number of hydrogen-bond acceptors (Lipinski definition) is 8. The molecule has 0 fully saturated rings. The van der Waals surface area contributed by atoms with E-state index in [2.05, 4.69) is 36.0 Å². The zero-order valence-corrected chi connectivity index (χ0v) is 24.3. The van der Waals surface area contributed by atoms with Gasteiger partial charge in [-0.2, -0.15) is 9.78 Å². The van der Waals surface area contributed by atoms with Crippen molar-refractivity contribution in [3.05, 3.63) is 124 Å². The van der Waals surface area contributed by atoms with Crippen LogP contribution in [0.1, 0.15) is 28.4 Å². The number of tetrazole rings is 1. The minimum Gasteiger partial charge on any atom is -0.453 e. The van der Waals surface area contributed by atoms with Crippen LogP contribution >= 0.6 is 0 Å². The Kier molecular flexibility index (Phi) is 8.99. The van der Waals surface area contributed by atoms with Crippen molar-refractivity contribution < 1.29 is 14.3 Å². The molecule has 1 atom stereocenters. The highest BCUT2D eigenvalue weighted by atomic mass is 16.5. The SMILES string of the molecule is COC(=O)Nc1ccc(-c2cc([C@H](Cc3ccccc3)NC(=O)/C=C/c3cc(C)ccc3-n3cnnn3)nn(C)c2=O)cc1. The predicted octanol–water partition coefficient (Wildman–Crippen LogP) is 4.02. The van der Waals surface area contributed by atoms with Crippen molar-refractivity contribution in [1.82, 2.24) is 35.3 Å².